The van der Waals surface area contributed by atoms with E-state index in [0.29, 0.717) is 23.0 Å². The minimum absolute atomic E-state index is 0.0480. The largest absolute Gasteiger partial charge is 0.357 e. The van der Waals surface area contributed by atoms with Gasteiger partial charge in [-0.15, -0.1) is 0 Å². The molecule has 3 nitrogen and oxygen atoms in total. The zero-order chi connectivity index (χ0) is 16.0. The van der Waals surface area contributed by atoms with Gasteiger partial charge < -0.3 is 10.1 Å². The van der Waals surface area contributed by atoms with Gasteiger partial charge in [0.05, 0.1) is 6.42 Å². The molecule has 1 N–H and O–H groups in total. The van der Waals surface area contributed by atoms with Crippen LogP contribution in [0.5, 0.6) is 0 Å². The third kappa shape index (κ3) is 2.61. The molecule has 0 saturated carbocycles. The highest BCUT2D eigenvalue weighted by atomic mass is 35.5. The van der Waals surface area contributed by atoms with Crippen molar-refractivity contribution in [1.29, 1.82) is 0 Å². The summed E-state index contributed by atoms with van der Waals surface area (Å²) in [5.41, 5.74) is 2.79. The third-order valence-corrected chi connectivity index (χ3v) is 5.23. The van der Waals surface area contributed by atoms with Crippen molar-refractivity contribution in [2.75, 3.05) is 6.54 Å². The molecule has 2 unspecified atom stereocenters. The Morgan fingerprint density at radius 2 is 1.87 bits per heavy atom. The molecule has 2 aliphatic heterocycles. The standard InChI is InChI=1S/C18H17Cl2NO2/c19-12-7-11(8-13(20)9-12)17-14-3-1-2-4-15(14)18(23-17)5-6-21-16(22)10-18/h3-4,7-9,17H,1-2,5-6,10H2,(H,21,22). The Kier molecular flexibility index (Phi) is 3.75. The lowest BCUT2D eigenvalue weighted by atomic mass is 9.79. The van der Waals surface area contributed by atoms with E-state index in [-0.39, 0.29) is 12.0 Å². The molecule has 4 rings (SSSR count). The molecule has 2 heterocycles. The molecule has 1 aromatic carbocycles. The fourth-order valence-electron chi connectivity index (χ4n) is 3.86. The van der Waals surface area contributed by atoms with Crippen molar-refractivity contribution in [2.45, 2.75) is 37.4 Å². The highest BCUT2D eigenvalue weighted by molar-refractivity contribution is 6.34. The normalized spacial score (nSPS) is 29.8. The van der Waals surface area contributed by atoms with Crippen LogP contribution in [0.1, 0.15) is 37.4 Å². The van der Waals surface area contributed by atoms with Crippen LogP contribution in [-0.4, -0.2) is 18.1 Å². The summed E-state index contributed by atoms with van der Waals surface area (Å²) in [6.07, 6.45) is 7.43. The maximum absolute atomic E-state index is 12.0. The lowest BCUT2D eigenvalue weighted by Gasteiger charge is -2.34. The molecular formula is C18H17Cl2NO2. The molecule has 1 amide bonds. The molecule has 0 bridgehead atoms. The lowest BCUT2D eigenvalue weighted by molar-refractivity contribution is -0.131. The van der Waals surface area contributed by atoms with Gasteiger partial charge >= 0.3 is 0 Å². The Bertz CT molecular complexity index is 720. The van der Waals surface area contributed by atoms with E-state index in [9.17, 15) is 4.79 Å². The van der Waals surface area contributed by atoms with Crippen molar-refractivity contribution < 1.29 is 9.53 Å². The van der Waals surface area contributed by atoms with Gasteiger partial charge in [-0.1, -0.05) is 35.4 Å². The van der Waals surface area contributed by atoms with Gasteiger partial charge in [0.15, 0.2) is 0 Å². The maximum Gasteiger partial charge on any atom is 0.223 e. The minimum Gasteiger partial charge on any atom is -0.357 e. The zero-order valence-corrected chi connectivity index (χ0v) is 14.1. The van der Waals surface area contributed by atoms with Crippen LogP contribution in [0.15, 0.2) is 41.5 Å². The molecular weight excluding hydrogens is 333 g/mol. The number of benzene rings is 1. The highest BCUT2D eigenvalue weighted by Crippen LogP contribution is 2.53. The number of amides is 1. The fourth-order valence-corrected chi connectivity index (χ4v) is 4.41. The van der Waals surface area contributed by atoms with Crippen molar-refractivity contribution >= 4 is 29.1 Å². The smallest absolute Gasteiger partial charge is 0.223 e. The summed E-state index contributed by atoms with van der Waals surface area (Å²) in [7, 11) is 0. The Morgan fingerprint density at radius 3 is 2.61 bits per heavy atom. The third-order valence-electron chi connectivity index (χ3n) is 4.79. The van der Waals surface area contributed by atoms with Crippen LogP contribution >= 0.6 is 23.2 Å². The molecule has 0 aromatic heterocycles. The summed E-state index contributed by atoms with van der Waals surface area (Å²) in [4.78, 5) is 12.0. The number of piperidine rings is 1. The number of hydrogen-bond acceptors (Lipinski definition) is 2. The van der Waals surface area contributed by atoms with Crippen LogP contribution in [0.3, 0.4) is 0 Å². The Morgan fingerprint density at radius 1 is 1.13 bits per heavy atom. The van der Waals surface area contributed by atoms with E-state index in [1.54, 1.807) is 6.07 Å². The molecule has 1 spiro atoms. The summed E-state index contributed by atoms with van der Waals surface area (Å²) >= 11 is 12.3. The second-order valence-electron chi connectivity index (χ2n) is 6.33. The van der Waals surface area contributed by atoms with Crippen LogP contribution in [-0.2, 0) is 9.53 Å². The first-order valence-corrected chi connectivity index (χ1v) is 8.65. The van der Waals surface area contributed by atoms with Crippen LogP contribution in [0.2, 0.25) is 10.0 Å². The van der Waals surface area contributed by atoms with E-state index in [4.69, 9.17) is 27.9 Å². The molecule has 2 atom stereocenters. The summed E-state index contributed by atoms with van der Waals surface area (Å²) in [6.45, 7) is 0.645. The Labute approximate surface area is 145 Å². The van der Waals surface area contributed by atoms with E-state index in [1.807, 2.05) is 12.1 Å². The number of carbonyl (C=O) groups is 1. The SMILES string of the molecule is O=C1CC2(CCN1)OC(c1cc(Cl)cc(Cl)c1)C1=CCCC=C12. The Balaban J connectivity index is 1.78. The average Bonchev–Trinajstić information content (AvgIpc) is 2.81. The Hall–Kier alpha value is -1.29. The number of hydrogen-bond donors (Lipinski definition) is 1. The summed E-state index contributed by atoms with van der Waals surface area (Å²) in [6, 6.07) is 5.51. The maximum atomic E-state index is 12.0. The summed E-state index contributed by atoms with van der Waals surface area (Å²) in [5.74, 6) is 0.0480. The minimum atomic E-state index is -0.506. The molecule has 1 aromatic rings. The van der Waals surface area contributed by atoms with E-state index in [2.05, 4.69) is 17.5 Å². The second kappa shape index (κ2) is 5.66. The van der Waals surface area contributed by atoms with Gasteiger partial charge in [-0.3, -0.25) is 4.79 Å². The first kappa shape index (κ1) is 15.3. The second-order valence-corrected chi connectivity index (χ2v) is 7.20. The van der Waals surface area contributed by atoms with Gasteiger partial charge in [0.2, 0.25) is 5.91 Å². The summed E-state index contributed by atoms with van der Waals surface area (Å²) in [5, 5.41) is 4.09. The van der Waals surface area contributed by atoms with Crippen molar-refractivity contribution in [1.82, 2.24) is 5.32 Å². The average molecular weight is 350 g/mol. The molecule has 120 valence electrons. The predicted octanol–water partition coefficient (Wildman–Crippen LogP) is 4.36. The van der Waals surface area contributed by atoms with E-state index in [1.165, 1.54) is 11.1 Å². The van der Waals surface area contributed by atoms with Gasteiger partial charge in [0.25, 0.3) is 0 Å². The molecule has 1 aliphatic carbocycles. The van der Waals surface area contributed by atoms with Gasteiger partial charge in [-0.25, -0.2) is 0 Å². The number of ether oxygens (including phenoxy) is 1. The van der Waals surface area contributed by atoms with Crippen LogP contribution in [0.25, 0.3) is 0 Å². The van der Waals surface area contributed by atoms with Crippen molar-refractivity contribution in [2.24, 2.45) is 0 Å². The predicted molar refractivity (Wildman–Crippen MR) is 90.7 cm³/mol. The van der Waals surface area contributed by atoms with Gasteiger partial charge in [-0.2, -0.15) is 0 Å². The number of rotatable bonds is 1. The molecule has 5 heteroatoms. The van der Waals surface area contributed by atoms with Crippen molar-refractivity contribution in [3.05, 3.63) is 57.1 Å². The topological polar surface area (TPSA) is 38.3 Å². The summed E-state index contributed by atoms with van der Waals surface area (Å²) < 4.78 is 6.49. The number of fused-ring (bicyclic) bond motifs is 2. The first-order chi connectivity index (χ1) is 11.1. The highest BCUT2D eigenvalue weighted by Gasteiger charge is 2.50. The van der Waals surface area contributed by atoms with E-state index < -0.39 is 5.60 Å². The fraction of sp³-hybridized carbons (Fsp3) is 0.389. The van der Waals surface area contributed by atoms with Crippen molar-refractivity contribution in [3.63, 3.8) is 0 Å². The molecule has 0 radical (unpaired) electrons. The van der Waals surface area contributed by atoms with Gasteiger partial charge in [-0.05, 0) is 54.2 Å². The monoisotopic (exact) mass is 349 g/mol. The lowest BCUT2D eigenvalue weighted by Crippen LogP contribution is -2.46. The van der Waals surface area contributed by atoms with E-state index in [0.717, 1.165) is 24.8 Å². The van der Waals surface area contributed by atoms with Gasteiger partial charge in [0, 0.05) is 16.6 Å². The van der Waals surface area contributed by atoms with E-state index >= 15 is 0 Å². The molecule has 3 aliphatic rings. The van der Waals surface area contributed by atoms with Crippen LogP contribution in [0.4, 0.5) is 0 Å². The van der Waals surface area contributed by atoms with Crippen LogP contribution in [0, 0.1) is 0 Å². The molecule has 23 heavy (non-hydrogen) atoms. The zero-order valence-electron chi connectivity index (χ0n) is 12.6. The first-order valence-electron chi connectivity index (χ1n) is 7.89. The number of allylic oxidation sites excluding steroid dienone is 2. The molecule has 2 saturated heterocycles. The number of nitrogens with one attached hydrogen (secondary N) is 1. The number of carbonyl (C=O) groups excluding carboxylic acids is 1. The van der Waals surface area contributed by atoms with Gasteiger partial charge in [0.1, 0.15) is 11.7 Å². The quantitative estimate of drug-likeness (QED) is 0.817. The van der Waals surface area contributed by atoms with Crippen molar-refractivity contribution in [3.8, 4) is 0 Å². The number of halogens is 2. The molecule has 2 fully saturated rings. The van der Waals surface area contributed by atoms with Crippen LogP contribution < -0.4 is 5.32 Å².